The topological polar surface area (TPSA) is 121 Å². The number of aryl methyl sites for hydroxylation is 1. The molecule has 47 heavy (non-hydrogen) atoms. The molecule has 3 aromatic rings. The Balaban J connectivity index is 1.26. The molecule has 2 atom stereocenters. The molecule has 0 aromatic heterocycles. The highest BCUT2D eigenvalue weighted by atomic mass is 16.7. The second-order valence-corrected chi connectivity index (χ2v) is 13.4. The van der Waals surface area contributed by atoms with Crippen LogP contribution in [0.25, 0.3) is 11.1 Å². The maximum Gasteiger partial charge on any atom is 0.314 e. The van der Waals surface area contributed by atoms with Crippen LogP contribution in [0.3, 0.4) is 0 Å². The van der Waals surface area contributed by atoms with Crippen LogP contribution in [-0.2, 0) is 38.6 Å². The Hall–Kier alpha value is -4.25. The lowest BCUT2D eigenvalue weighted by molar-refractivity contribution is -0.138. The molecule has 0 aliphatic carbocycles. The second kappa shape index (κ2) is 14.7. The number of benzene rings is 3. The number of nitrogens with one attached hydrogen (secondary N) is 4. The fourth-order valence-electron chi connectivity index (χ4n) is 6.17. The number of carbonyl (C=O) groups excluding carboxylic acids is 3. The van der Waals surface area contributed by atoms with Gasteiger partial charge in [-0.2, -0.15) is 0 Å². The SMILES string of the molecule is CNC(=O)NCc1ccccc1-c1ccc(CN2C(=O)[C@H](NC(=O)CC(C)(C)NC[C@H]3COC(C)(C)O3)CCc3ccccc32)cc1. The van der Waals surface area contributed by atoms with Crippen LogP contribution < -0.4 is 26.2 Å². The standard InChI is InChI=1S/C37H47N5O5/c1-36(2,40-22-29-24-46-37(3,4)47-29)20-33(43)41-31-19-18-27-10-7-9-13-32(27)42(34(31)44)23-25-14-16-26(17-15-25)30-12-8-6-11-28(30)21-39-35(45)38-5/h6-17,29,31,40H,18-24H2,1-5H3,(H,41,43)(H2,38,39,45)/t29-,31+/m0/s1. The summed E-state index contributed by atoms with van der Waals surface area (Å²) in [5.41, 5.74) is 5.46. The molecule has 2 aliphatic rings. The number of amides is 4. The van der Waals surface area contributed by atoms with E-state index < -0.39 is 17.4 Å². The minimum atomic E-state index is -0.642. The van der Waals surface area contributed by atoms with Gasteiger partial charge in [-0.15, -0.1) is 0 Å². The highest BCUT2D eigenvalue weighted by Gasteiger charge is 2.35. The number of nitrogens with zero attached hydrogens (tertiary/aromatic N) is 1. The van der Waals surface area contributed by atoms with Crippen LogP contribution in [0.15, 0.2) is 72.8 Å². The zero-order valence-electron chi connectivity index (χ0n) is 28.0. The molecular formula is C37H47N5O5. The maximum absolute atomic E-state index is 14.1. The van der Waals surface area contributed by atoms with E-state index in [9.17, 15) is 14.4 Å². The quantitative estimate of drug-likeness (QED) is 0.242. The van der Waals surface area contributed by atoms with Gasteiger partial charge in [-0.1, -0.05) is 66.7 Å². The molecule has 10 heteroatoms. The average molecular weight is 642 g/mol. The zero-order chi connectivity index (χ0) is 33.6. The number of fused-ring (bicyclic) bond motifs is 1. The predicted octanol–water partition coefficient (Wildman–Crippen LogP) is 4.66. The van der Waals surface area contributed by atoms with Crippen molar-refractivity contribution in [1.82, 2.24) is 21.3 Å². The molecule has 0 unspecified atom stereocenters. The van der Waals surface area contributed by atoms with Crippen LogP contribution >= 0.6 is 0 Å². The molecular weight excluding hydrogens is 594 g/mol. The van der Waals surface area contributed by atoms with E-state index in [0.29, 0.717) is 39.1 Å². The van der Waals surface area contributed by atoms with Crippen molar-refractivity contribution in [2.75, 3.05) is 25.1 Å². The van der Waals surface area contributed by atoms with E-state index in [1.807, 2.05) is 94.4 Å². The monoisotopic (exact) mass is 641 g/mol. The number of carbonyl (C=O) groups is 3. The number of hydrogen-bond donors (Lipinski definition) is 4. The van der Waals surface area contributed by atoms with Crippen molar-refractivity contribution in [3.05, 3.63) is 89.5 Å². The third-order valence-electron chi connectivity index (χ3n) is 8.65. The number of hydrogen-bond acceptors (Lipinski definition) is 6. The van der Waals surface area contributed by atoms with Gasteiger partial charge in [-0.05, 0) is 74.4 Å². The second-order valence-electron chi connectivity index (χ2n) is 13.4. The molecule has 10 nitrogen and oxygen atoms in total. The molecule has 0 spiro atoms. The number of anilines is 1. The normalized spacial score (nSPS) is 19.1. The molecule has 0 saturated carbocycles. The van der Waals surface area contributed by atoms with Crippen molar-refractivity contribution in [1.29, 1.82) is 0 Å². The van der Waals surface area contributed by atoms with Crippen LogP contribution in [0.5, 0.6) is 0 Å². The number of para-hydroxylation sites is 1. The molecule has 1 saturated heterocycles. The van der Waals surface area contributed by atoms with Gasteiger partial charge in [0.2, 0.25) is 11.8 Å². The summed E-state index contributed by atoms with van der Waals surface area (Å²) in [4.78, 5) is 41.0. The van der Waals surface area contributed by atoms with Crippen LogP contribution in [0.1, 0.15) is 57.2 Å². The molecule has 250 valence electrons. The van der Waals surface area contributed by atoms with E-state index in [4.69, 9.17) is 9.47 Å². The summed E-state index contributed by atoms with van der Waals surface area (Å²) in [5, 5.41) is 11.9. The molecule has 4 amide bonds. The van der Waals surface area contributed by atoms with Crippen LogP contribution in [-0.4, -0.2) is 61.5 Å². The van der Waals surface area contributed by atoms with Crippen molar-refractivity contribution in [2.24, 2.45) is 0 Å². The molecule has 3 aromatic carbocycles. The zero-order valence-corrected chi connectivity index (χ0v) is 28.0. The summed E-state index contributed by atoms with van der Waals surface area (Å²) in [5.74, 6) is -0.899. The predicted molar refractivity (Wildman–Crippen MR) is 183 cm³/mol. The Morgan fingerprint density at radius 2 is 1.72 bits per heavy atom. The van der Waals surface area contributed by atoms with E-state index in [2.05, 4.69) is 27.3 Å². The molecule has 2 aliphatic heterocycles. The first-order valence-corrected chi connectivity index (χ1v) is 16.3. The lowest BCUT2D eigenvalue weighted by Gasteiger charge is -2.29. The minimum absolute atomic E-state index is 0.0855. The summed E-state index contributed by atoms with van der Waals surface area (Å²) < 4.78 is 11.5. The van der Waals surface area contributed by atoms with Gasteiger partial charge < -0.3 is 35.6 Å². The third kappa shape index (κ3) is 8.97. The van der Waals surface area contributed by atoms with Crippen LogP contribution in [0, 0.1) is 0 Å². The van der Waals surface area contributed by atoms with E-state index in [0.717, 1.165) is 33.5 Å². The lowest BCUT2D eigenvalue weighted by atomic mass is 9.98. The van der Waals surface area contributed by atoms with Gasteiger partial charge in [0.15, 0.2) is 5.79 Å². The molecule has 2 heterocycles. The van der Waals surface area contributed by atoms with Gasteiger partial charge in [-0.25, -0.2) is 4.79 Å². The van der Waals surface area contributed by atoms with Crippen molar-refractivity contribution in [3.8, 4) is 11.1 Å². The highest BCUT2D eigenvalue weighted by Crippen LogP contribution is 2.30. The summed E-state index contributed by atoms with van der Waals surface area (Å²) in [6.45, 7) is 9.57. The molecule has 0 bridgehead atoms. The summed E-state index contributed by atoms with van der Waals surface area (Å²) in [6.07, 6.45) is 1.33. The van der Waals surface area contributed by atoms with Gasteiger partial charge in [0.1, 0.15) is 6.04 Å². The van der Waals surface area contributed by atoms with E-state index in [1.165, 1.54) is 0 Å². The van der Waals surface area contributed by atoms with Gasteiger partial charge in [0, 0.05) is 37.8 Å². The van der Waals surface area contributed by atoms with Crippen molar-refractivity contribution >= 4 is 23.5 Å². The number of rotatable bonds is 11. The van der Waals surface area contributed by atoms with Gasteiger partial charge in [0.25, 0.3) is 0 Å². The number of ether oxygens (including phenoxy) is 2. The van der Waals surface area contributed by atoms with Crippen LogP contribution in [0.4, 0.5) is 10.5 Å². The Morgan fingerprint density at radius 3 is 2.45 bits per heavy atom. The van der Waals surface area contributed by atoms with E-state index >= 15 is 0 Å². The Bertz CT molecular complexity index is 1570. The molecule has 1 fully saturated rings. The van der Waals surface area contributed by atoms with E-state index in [1.54, 1.807) is 11.9 Å². The fourth-order valence-corrected chi connectivity index (χ4v) is 6.17. The summed E-state index contributed by atoms with van der Waals surface area (Å²) >= 11 is 0. The average Bonchev–Trinajstić information content (AvgIpc) is 3.36. The first kappa shape index (κ1) is 34.1. The highest BCUT2D eigenvalue weighted by molar-refractivity contribution is 6.00. The number of urea groups is 1. The van der Waals surface area contributed by atoms with Gasteiger partial charge in [0.05, 0.1) is 19.3 Å². The lowest BCUT2D eigenvalue weighted by Crippen LogP contribution is -2.51. The third-order valence-corrected chi connectivity index (χ3v) is 8.65. The fraction of sp³-hybridized carbons (Fsp3) is 0.432. The minimum Gasteiger partial charge on any atom is -0.348 e. The van der Waals surface area contributed by atoms with Gasteiger partial charge >= 0.3 is 6.03 Å². The van der Waals surface area contributed by atoms with Crippen molar-refractivity contribution in [2.45, 2.75) is 83.5 Å². The van der Waals surface area contributed by atoms with Crippen LogP contribution in [0.2, 0.25) is 0 Å². The smallest absolute Gasteiger partial charge is 0.314 e. The molecule has 5 rings (SSSR count). The van der Waals surface area contributed by atoms with Crippen molar-refractivity contribution < 1.29 is 23.9 Å². The molecule has 0 radical (unpaired) electrons. The first-order valence-electron chi connectivity index (χ1n) is 16.3. The van der Waals surface area contributed by atoms with E-state index in [-0.39, 0.29) is 30.4 Å². The summed E-state index contributed by atoms with van der Waals surface area (Å²) in [7, 11) is 1.59. The Kier molecular flexibility index (Phi) is 10.6. The Morgan fingerprint density at radius 1 is 1.00 bits per heavy atom. The summed E-state index contributed by atoms with van der Waals surface area (Å²) in [6, 6.07) is 23.2. The Labute approximate surface area is 277 Å². The molecule has 4 N–H and O–H groups in total. The largest absolute Gasteiger partial charge is 0.348 e. The first-order chi connectivity index (χ1) is 22.4. The van der Waals surface area contributed by atoms with Gasteiger partial charge in [-0.3, -0.25) is 9.59 Å². The van der Waals surface area contributed by atoms with Crippen molar-refractivity contribution in [3.63, 3.8) is 0 Å². The maximum atomic E-state index is 14.1.